The van der Waals surface area contributed by atoms with E-state index in [9.17, 15) is 9.90 Å². The van der Waals surface area contributed by atoms with Crippen molar-refractivity contribution in [2.45, 2.75) is 32.4 Å². The largest absolute Gasteiger partial charge is 0.487 e. The number of esters is 1. The van der Waals surface area contributed by atoms with Gasteiger partial charge in [0, 0.05) is 42.2 Å². The Labute approximate surface area is 244 Å². The molecule has 2 aromatic heterocycles. The Hall–Kier alpha value is -4.47. The summed E-state index contributed by atoms with van der Waals surface area (Å²) in [5, 5.41) is 17.5. The van der Waals surface area contributed by atoms with Crippen molar-refractivity contribution in [2.75, 3.05) is 38.6 Å². The number of pyridine rings is 1. The lowest BCUT2D eigenvalue weighted by Crippen LogP contribution is -2.25. The highest BCUT2D eigenvalue weighted by Crippen LogP contribution is 2.33. The second kappa shape index (κ2) is 12.2. The smallest absolute Gasteiger partial charge is 0.310 e. The number of fused-ring (bicyclic) bond motifs is 2. The molecule has 1 atom stereocenters. The number of carbonyl (C=O) groups excluding carboxylic acids is 1. The first-order valence-electron chi connectivity index (χ1n) is 14.4. The maximum atomic E-state index is 12.2. The molecule has 5 aromatic rings. The molecule has 3 heterocycles. The predicted octanol–water partition coefficient (Wildman–Crippen LogP) is 4.76. The number of rotatable bonds is 10. The zero-order valence-corrected chi connectivity index (χ0v) is 23.7. The number of carbonyl (C=O) groups is 1. The van der Waals surface area contributed by atoms with Crippen LogP contribution in [0.2, 0.25) is 0 Å². The van der Waals surface area contributed by atoms with Gasteiger partial charge in [0.2, 0.25) is 0 Å². The lowest BCUT2D eigenvalue weighted by molar-refractivity contribution is -0.142. The Balaban J connectivity index is 1.38. The summed E-state index contributed by atoms with van der Waals surface area (Å²) in [4.78, 5) is 18.8. The average molecular weight is 566 g/mol. The molecular formula is C33H35N5O4. The second-order valence-electron chi connectivity index (χ2n) is 10.6. The molecular weight excluding hydrogens is 530 g/mol. The van der Waals surface area contributed by atoms with Crippen LogP contribution in [0, 0.1) is 0 Å². The van der Waals surface area contributed by atoms with Crippen LogP contribution in [0.1, 0.15) is 30.6 Å². The summed E-state index contributed by atoms with van der Waals surface area (Å²) in [6, 6.07) is 22.2. The van der Waals surface area contributed by atoms with E-state index in [2.05, 4.69) is 51.0 Å². The molecule has 1 fully saturated rings. The molecule has 0 saturated carbocycles. The van der Waals surface area contributed by atoms with Crippen molar-refractivity contribution < 1.29 is 19.4 Å². The van der Waals surface area contributed by atoms with Crippen LogP contribution in [0.15, 0.2) is 72.9 Å². The molecule has 1 aliphatic heterocycles. The Morgan fingerprint density at radius 2 is 1.88 bits per heavy atom. The molecule has 0 aliphatic carbocycles. The van der Waals surface area contributed by atoms with Gasteiger partial charge >= 0.3 is 5.97 Å². The number of para-hydroxylation sites is 1. The molecule has 6 rings (SSSR count). The van der Waals surface area contributed by atoms with Gasteiger partial charge in [-0.1, -0.05) is 36.4 Å². The van der Waals surface area contributed by atoms with E-state index in [1.807, 2.05) is 30.3 Å². The maximum absolute atomic E-state index is 12.2. The van der Waals surface area contributed by atoms with Crippen molar-refractivity contribution in [3.63, 3.8) is 0 Å². The minimum atomic E-state index is -0.283. The highest BCUT2D eigenvalue weighted by molar-refractivity contribution is 5.95. The molecule has 1 aliphatic rings. The summed E-state index contributed by atoms with van der Waals surface area (Å²) in [6.07, 6.45) is 2.80. The van der Waals surface area contributed by atoms with Gasteiger partial charge in [-0.3, -0.25) is 14.4 Å². The molecule has 1 saturated heterocycles. The van der Waals surface area contributed by atoms with Crippen LogP contribution in [0.5, 0.6) is 5.75 Å². The number of anilines is 1. The van der Waals surface area contributed by atoms with E-state index in [1.165, 1.54) is 0 Å². The van der Waals surface area contributed by atoms with Gasteiger partial charge in [-0.2, -0.15) is 5.10 Å². The first kappa shape index (κ1) is 27.7. The molecule has 0 amide bonds. The van der Waals surface area contributed by atoms with Crippen molar-refractivity contribution in [2.24, 2.45) is 0 Å². The van der Waals surface area contributed by atoms with Gasteiger partial charge in [0.25, 0.3) is 0 Å². The molecule has 0 spiro atoms. The molecule has 3 N–H and O–H groups in total. The summed E-state index contributed by atoms with van der Waals surface area (Å²) in [5.74, 6) is 0.871. The Kier molecular flexibility index (Phi) is 8.03. The van der Waals surface area contributed by atoms with Crippen LogP contribution in [0.3, 0.4) is 0 Å². The van der Waals surface area contributed by atoms with E-state index in [1.54, 1.807) is 13.1 Å². The highest BCUT2D eigenvalue weighted by Gasteiger charge is 2.27. The number of aliphatic hydroxyl groups excluding tert-OH is 1. The van der Waals surface area contributed by atoms with Crippen LogP contribution < -0.4 is 10.5 Å². The van der Waals surface area contributed by atoms with Crippen molar-refractivity contribution in [3.05, 3.63) is 84.2 Å². The van der Waals surface area contributed by atoms with Crippen LogP contribution in [0.25, 0.3) is 32.8 Å². The van der Waals surface area contributed by atoms with Gasteiger partial charge in [0.15, 0.2) is 0 Å². The minimum Gasteiger partial charge on any atom is -0.487 e. The number of benzene rings is 3. The van der Waals surface area contributed by atoms with Gasteiger partial charge in [-0.15, -0.1) is 0 Å². The van der Waals surface area contributed by atoms with Crippen LogP contribution >= 0.6 is 0 Å². The van der Waals surface area contributed by atoms with Gasteiger partial charge in [-0.25, -0.2) is 4.98 Å². The number of nitrogens with zero attached hydrogens (tertiary/aromatic N) is 4. The van der Waals surface area contributed by atoms with E-state index < -0.39 is 0 Å². The van der Waals surface area contributed by atoms with E-state index in [0.717, 1.165) is 63.6 Å². The zero-order valence-electron chi connectivity index (χ0n) is 23.7. The van der Waals surface area contributed by atoms with Crippen molar-refractivity contribution in [3.8, 4) is 16.9 Å². The zero-order chi connectivity index (χ0) is 29.1. The predicted molar refractivity (Wildman–Crippen MR) is 163 cm³/mol. The number of nitrogen functional groups attached to an aromatic ring is 1. The summed E-state index contributed by atoms with van der Waals surface area (Å²) in [7, 11) is 0. The number of β-amino-alcohol motifs (C(OH)–C–C–N with tert-alkyl or cyclic N) is 1. The molecule has 42 heavy (non-hydrogen) atoms. The third-order valence-electron chi connectivity index (χ3n) is 7.92. The quantitative estimate of drug-likeness (QED) is 0.233. The summed E-state index contributed by atoms with van der Waals surface area (Å²) >= 11 is 0. The third-order valence-corrected chi connectivity index (χ3v) is 7.92. The van der Waals surface area contributed by atoms with Crippen molar-refractivity contribution in [1.29, 1.82) is 0 Å². The van der Waals surface area contributed by atoms with Crippen LogP contribution in [0.4, 0.5) is 5.82 Å². The molecule has 9 heteroatoms. The molecule has 0 radical (unpaired) electrons. The Morgan fingerprint density at radius 3 is 2.71 bits per heavy atom. The van der Waals surface area contributed by atoms with Gasteiger partial charge < -0.3 is 20.3 Å². The Morgan fingerprint density at radius 1 is 1.07 bits per heavy atom. The van der Waals surface area contributed by atoms with Crippen molar-refractivity contribution >= 4 is 33.5 Å². The first-order valence-corrected chi connectivity index (χ1v) is 14.4. The molecule has 0 bridgehead atoms. The number of hydrogen-bond acceptors (Lipinski definition) is 8. The van der Waals surface area contributed by atoms with Crippen molar-refractivity contribution in [1.82, 2.24) is 19.7 Å². The summed E-state index contributed by atoms with van der Waals surface area (Å²) < 4.78 is 13.7. The second-order valence-corrected chi connectivity index (χ2v) is 10.6. The molecule has 0 unspecified atom stereocenters. The van der Waals surface area contributed by atoms with Gasteiger partial charge in [0.1, 0.15) is 18.2 Å². The number of aliphatic hydroxyl groups is 1. The number of nitrogens with two attached hydrogens (primary N) is 1. The first-order chi connectivity index (χ1) is 20.5. The van der Waals surface area contributed by atoms with E-state index in [0.29, 0.717) is 24.7 Å². The average Bonchev–Trinajstić information content (AvgIpc) is 3.61. The normalized spacial score (nSPS) is 15.4. The number of hydrogen-bond donors (Lipinski definition) is 2. The number of likely N-dealkylation sites (tertiary alicyclic amines) is 1. The lowest BCUT2D eigenvalue weighted by Gasteiger charge is -2.18. The molecule has 9 nitrogen and oxygen atoms in total. The van der Waals surface area contributed by atoms with E-state index in [-0.39, 0.29) is 31.6 Å². The number of aromatic nitrogens is 3. The molecule has 3 aromatic carbocycles. The lowest BCUT2D eigenvalue weighted by atomic mass is 10.00. The number of ether oxygens (including phenoxy) is 2. The van der Waals surface area contributed by atoms with E-state index >= 15 is 0 Å². The van der Waals surface area contributed by atoms with Gasteiger partial charge in [0.05, 0.1) is 36.9 Å². The fourth-order valence-corrected chi connectivity index (χ4v) is 5.81. The SMILES string of the molecule is CCOC(=O)Cc1ccccc1OCc1c2cc(-c3ccc4ccnc(N)c4c3)ccc2nn1[C@H]1CCN(CCO)C1. The minimum absolute atomic E-state index is 0.135. The van der Waals surface area contributed by atoms with E-state index in [4.69, 9.17) is 20.3 Å². The maximum Gasteiger partial charge on any atom is 0.310 e. The fraction of sp³-hybridized carbons (Fsp3) is 0.303. The highest BCUT2D eigenvalue weighted by atomic mass is 16.5. The van der Waals surface area contributed by atoms with Crippen LogP contribution in [-0.2, 0) is 22.6 Å². The molecule has 216 valence electrons. The summed E-state index contributed by atoms with van der Waals surface area (Å²) in [6.45, 7) is 4.92. The summed E-state index contributed by atoms with van der Waals surface area (Å²) in [5.41, 5.74) is 10.9. The standard InChI is InChI=1S/C33H35N5O4/c1-2-41-32(40)19-25-5-3-4-6-31(25)42-21-30-28-18-24(23-8-7-22-11-13-35-33(34)27(22)17-23)9-10-29(28)36-38(30)26-12-14-37(20-26)15-16-39/h3-11,13,17-18,26,39H,2,12,14-16,19-21H2,1H3,(H2,34,35)/t26-/m0/s1. The van der Waals surface area contributed by atoms with Crippen LogP contribution in [-0.4, -0.2) is 63.6 Å². The van der Waals surface area contributed by atoms with Gasteiger partial charge in [-0.05, 0) is 60.2 Å². The monoisotopic (exact) mass is 565 g/mol. The third kappa shape index (κ3) is 5.66. The fourth-order valence-electron chi connectivity index (χ4n) is 5.81. The Bertz CT molecular complexity index is 1730. The topological polar surface area (TPSA) is 116 Å².